The predicted molar refractivity (Wildman–Crippen MR) is 141 cm³/mol. The van der Waals surface area contributed by atoms with E-state index in [-0.39, 0.29) is 29.3 Å². The lowest BCUT2D eigenvalue weighted by Crippen LogP contribution is -2.43. The topological polar surface area (TPSA) is 108 Å². The Hall–Kier alpha value is -3.72. The van der Waals surface area contributed by atoms with Gasteiger partial charge in [-0.15, -0.1) is 6.42 Å². The summed E-state index contributed by atoms with van der Waals surface area (Å²) < 4.78 is 48.8. The smallest absolute Gasteiger partial charge is 0.241 e. The molecule has 1 fully saturated rings. The third-order valence-corrected chi connectivity index (χ3v) is 7.62. The zero-order valence-corrected chi connectivity index (χ0v) is 21.5. The summed E-state index contributed by atoms with van der Waals surface area (Å²) in [6, 6.07) is 11.7. The monoisotopic (exact) mass is 524 g/mol. The van der Waals surface area contributed by atoms with E-state index in [1.165, 1.54) is 6.07 Å². The Labute approximate surface area is 216 Å². The molecule has 9 nitrogen and oxygen atoms in total. The maximum Gasteiger partial charge on any atom is 0.241 e. The lowest BCUT2D eigenvalue weighted by atomic mass is 10.1. The van der Waals surface area contributed by atoms with Gasteiger partial charge in [0, 0.05) is 17.4 Å². The summed E-state index contributed by atoms with van der Waals surface area (Å²) in [5, 5.41) is 5.88. The van der Waals surface area contributed by atoms with Crippen molar-refractivity contribution in [3.8, 4) is 18.1 Å². The van der Waals surface area contributed by atoms with Crippen molar-refractivity contribution in [2.45, 2.75) is 30.7 Å². The van der Waals surface area contributed by atoms with Crippen molar-refractivity contribution in [1.29, 1.82) is 0 Å². The van der Waals surface area contributed by atoms with Crippen molar-refractivity contribution >= 4 is 33.2 Å². The zero-order chi connectivity index (χ0) is 26.4. The van der Waals surface area contributed by atoms with Crippen LogP contribution in [-0.2, 0) is 10.0 Å². The first kappa shape index (κ1) is 26.3. The molecule has 1 aromatic heterocycles. The van der Waals surface area contributed by atoms with E-state index in [4.69, 9.17) is 11.2 Å². The van der Waals surface area contributed by atoms with Crippen LogP contribution >= 0.6 is 0 Å². The third-order valence-electron chi connectivity index (χ3n) is 5.96. The van der Waals surface area contributed by atoms with Gasteiger partial charge in [-0.1, -0.05) is 12.0 Å². The molecule has 1 saturated heterocycles. The largest absolute Gasteiger partial charge is 0.481 e. The Morgan fingerprint density at radius 1 is 1.14 bits per heavy atom. The summed E-state index contributed by atoms with van der Waals surface area (Å²) in [4.78, 5) is 10.6. The SMILES string of the molecule is C#CCOc1ccc(Nc2nc(Nc3ccc(C)c(S(=O)(=O)NC4CCN(C)CC4)c3)ncc2F)cc1. The number of benzene rings is 2. The van der Waals surface area contributed by atoms with Gasteiger partial charge in [0.15, 0.2) is 11.6 Å². The van der Waals surface area contributed by atoms with Gasteiger partial charge in [0.2, 0.25) is 16.0 Å². The highest BCUT2D eigenvalue weighted by molar-refractivity contribution is 7.89. The first-order chi connectivity index (χ1) is 17.7. The van der Waals surface area contributed by atoms with Crippen LogP contribution in [0.3, 0.4) is 0 Å². The number of nitrogens with zero attached hydrogens (tertiary/aromatic N) is 3. The highest BCUT2D eigenvalue weighted by Crippen LogP contribution is 2.25. The first-order valence-corrected chi connectivity index (χ1v) is 13.3. The Balaban J connectivity index is 1.48. The van der Waals surface area contributed by atoms with E-state index in [2.05, 4.69) is 36.1 Å². The van der Waals surface area contributed by atoms with Crippen molar-refractivity contribution in [1.82, 2.24) is 19.6 Å². The fraction of sp³-hybridized carbons (Fsp3) is 0.308. The Morgan fingerprint density at radius 3 is 2.54 bits per heavy atom. The molecule has 11 heteroatoms. The molecule has 3 N–H and O–H groups in total. The fourth-order valence-corrected chi connectivity index (χ4v) is 5.49. The van der Waals surface area contributed by atoms with Crippen LogP contribution in [-0.4, -0.2) is 56.1 Å². The maximum atomic E-state index is 14.4. The molecular weight excluding hydrogens is 495 g/mol. The van der Waals surface area contributed by atoms with Crippen molar-refractivity contribution in [2.75, 3.05) is 37.4 Å². The molecule has 0 aliphatic carbocycles. The normalized spacial score (nSPS) is 14.6. The van der Waals surface area contributed by atoms with Gasteiger partial charge in [-0.05, 0) is 81.9 Å². The van der Waals surface area contributed by atoms with Crippen LogP contribution < -0.4 is 20.1 Å². The summed E-state index contributed by atoms with van der Waals surface area (Å²) in [7, 11) is -1.71. The lowest BCUT2D eigenvalue weighted by Gasteiger charge is -2.29. The number of likely N-dealkylation sites (tertiary alicyclic amines) is 1. The molecule has 4 rings (SSSR count). The van der Waals surface area contributed by atoms with E-state index in [1.54, 1.807) is 43.3 Å². The maximum absolute atomic E-state index is 14.4. The highest BCUT2D eigenvalue weighted by Gasteiger charge is 2.25. The van der Waals surface area contributed by atoms with Gasteiger partial charge in [0.25, 0.3) is 0 Å². The van der Waals surface area contributed by atoms with E-state index < -0.39 is 15.8 Å². The van der Waals surface area contributed by atoms with Crippen LogP contribution in [0.5, 0.6) is 5.75 Å². The summed E-state index contributed by atoms with van der Waals surface area (Å²) in [5.74, 6) is 2.39. The van der Waals surface area contributed by atoms with E-state index in [9.17, 15) is 12.8 Å². The Bertz CT molecular complexity index is 1380. The van der Waals surface area contributed by atoms with E-state index >= 15 is 0 Å². The Kier molecular flexibility index (Phi) is 8.23. The number of aromatic nitrogens is 2. The molecule has 0 saturated carbocycles. The molecule has 0 bridgehead atoms. The van der Waals surface area contributed by atoms with E-state index in [0.717, 1.165) is 32.1 Å². The van der Waals surface area contributed by atoms with Gasteiger partial charge in [0.05, 0.1) is 11.1 Å². The molecule has 0 radical (unpaired) electrons. The number of anilines is 4. The number of sulfonamides is 1. The molecule has 0 atom stereocenters. The summed E-state index contributed by atoms with van der Waals surface area (Å²) in [6.45, 7) is 3.58. The van der Waals surface area contributed by atoms with Gasteiger partial charge in [-0.25, -0.2) is 22.5 Å². The quantitative estimate of drug-likeness (QED) is 0.363. The molecular formula is C26H29FN6O3S. The van der Waals surface area contributed by atoms with Crippen LogP contribution in [0.4, 0.5) is 27.5 Å². The zero-order valence-electron chi connectivity index (χ0n) is 20.7. The van der Waals surface area contributed by atoms with Gasteiger partial charge < -0.3 is 20.3 Å². The second-order valence-corrected chi connectivity index (χ2v) is 10.5. The minimum atomic E-state index is -3.73. The number of halogens is 1. The number of aryl methyl sites for hydroxylation is 1. The predicted octanol–water partition coefficient (Wildman–Crippen LogP) is 3.80. The number of piperidine rings is 1. The standard InChI is InChI=1S/C26H29FN6O3S/c1-4-15-36-22-9-7-19(8-10-22)29-25-23(27)17-28-26(31-25)30-21-6-5-18(2)24(16-21)37(34,35)32-20-11-13-33(3)14-12-20/h1,5-10,16-17,20,32H,11-15H2,2-3H3,(H2,28,29,30,31). The molecule has 0 amide bonds. The van der Waals surface area contributed by atoms with Crippen molar-refractivity contribution < 1.29 is 17.5 Å². The van der Waals surface area contributed by atoms with Gasteiger partial charge in [0.1, 0.15) is 12.4 Å². The number of nitrogens with one attached hydrogen (secondary N) is 3. The second-order valence-electron chi connectivity index (χ2n) is 8.84. The summed E-state index contributed by atoms with van der Waals surface area (Å²) in [5.41, 5.74) is 1.66. The molecule has 194 valence electrons. The average molecular weight is 525 g/mol. The van der Waals surface area contributed by atoms with Crippen molar-refractivity contribution in [3.63, 3.8) is 0 Å². The Morgan fingerprint density at radius 2 is 1.84 bits per heavy atom. The van der Waals surface area contributed by atoms with Crippen LogP contribution in [0.15, 0.2) is 53.6 Å². The molecule has 1 aliphatic rings. The molecule has 0 unspecified atom stereocenters. The van der Waals surface area contributed by atoms with Crippen molar-refractivity contribution in [2.24, 2.45) is 0 Å². The highest BCUT2D eigenvalue weighted by atomic mass is 32.2. The molecule has 1 aliphatic heterocycles. The molecule has 3 aromatic rings. The van der Waals surface area contributed by atoms with E-state index in [1.807, 2.05) is 7.05 Å². The number of hydrogen-bond donors (Lipinski definition) is 3. The molecule has 37 heavy (non-hydrogen) atoms. The van der Waals surface area contributed by atoms with Gasteiger partial charge >= 0.3 is 0 Å². The third kappa shape index (κ3) is 6.95. The fourth-order valence-electron chi connectivity index (χ4n) is 3.92. The van der Waals surface area contributed by atoms with Crippen LogP contribution in [0, 0.1) is 25.1 Å². The molecule has 2 aromatic carbocycles. The average Bonchev–Trinajstić information content (AvgIpc) is 2.88. The van der Waals surface area contributed by atoms with Crippen molar-refractivity contribution in [3.05, 3.63) is 60.0 Å². The van der Waals surface area contributed by atoms with E-state index in [0.29, 0.717) is 22.7 Å². The van der Waals surface area contributed by atoms with Crippen LogP contribution in [0.1, 0.15) is 18.4 Å². The number of ether oxygens (including phenoxy) is 1. The molecule has 2 heterocycles. The first-order valence-electron chi connectivity index (χ1n) is 11.8. The van der Waals surface area contributed by atoms with Gasteiger partial charge in [-0.3, -0.25) is 0 Å². The van der Waals surface area contributed by atoms with Gasteiger partial charge in [-0.2, -0.15) is 4.98 Å². The number of terminal acetylenes is 1. The number of hydrogen-bond acceptors (Lipinski definition) is 8. The number of rotatable bonds is 9. The summed E-state index contributed by atoms with van der Waals surface area (Å²) >= 11 is 0. The minimum absolute atomic E-state index is 0.0429. The van der Waals surface area contributed by atoms with Crippen LogP contribution in [0.2, 0.25) is 0 Å². The second kappa shape index (κ2) is 11.6. The minimum Gasteiger partial charge on any atom is -0.481 e. The lowest BCUT2D eigenvalue weighted by molar-refractivity contribution is 0.248. The van der Waals surface area contributed by atoms with Crippen LogP contribution in [0.25, 0.3) is 0 Å². The molecule has 0 spiro atoms. The summed E-state index contributed by atoms with van der Waals surface area (Å²) in [6.07, 6.45) is 7.74.